The number of hydrogen-bond donors (Lipinski definition) is 0. The zero-order chi connectivity index (χ0) is 40.3. The maximum absolute atomic E-state index is 10.3. The highest BCUT2D eigenvalue weighted by Crippen LogP contribution is 2.35. The average Bonchev–Trinajstić information content (AvgIpc) is 3.34. The minimum absolute atomic E-state index is 0.619. The highest BCUT2D eigenvalue weighted by molar-refractivity contribution is 5.93. The van der Waals surface area contributed by atoms with Crippen LogP contribution < -0.4 is 0 Å². The minimum atomic E-state index is 0.619. The Bertz CT molecular complexity index is 3050. The van der Waals surface area contributed by atoms with Crippen molar-refractivity contribution < 1.29 is 0 Å². The van der Waals surface area contributed by atoms with Crippen LogP contribution in [0.15, 0.2) is 212 Å². The summed E-state index contributed by atoms with van der Waals surface area (Å²) in [5.74, 6) is 1.32. The van der Waals surface area contributed by atoms with Gasteiger partial charge in [-0.05, 0) is 57.8 Å². The third kappa shape index (κ3) is 7.33. The van der Waals surface area contributed by atoms with Crippen LogP contribution in [0.2, 0.25) is 0 Å². The summed E-state index contributed by atoms with van der Waals surface area (Å²) in [5.41, 5.74) is 14.0. The van der Waals surface area contributed by atoms with Crippen molar-refractivity contribution in [1.29, 1.82) is 5.26 Å². The second-order valence-electron chi connectivity index (χ2n) is 14.6. The standard InChI is InChI=1S/C55H35N5/c56-36-48-32-46-30-29-45(37-21-25-43(26-22-37)54-57-50(39-13-5-1-6-14-39)34-51(58-54)40-15-7-2-8-16-40)31-47(46)33-49(48)38-23-27-44(28-24-38)55-59-52(41-17-9-3-10-18-41)35-53(60-55)42-19-11-4-12-20-42/h1-35H. The first-order valence-corrected chi connectivity index (χ1v) is 19.8. The van der Waals surface area contributed by atoms with Crippen LogP contribution in [-0.2, 0) is 0 Å². The van der Waals surface area contributed by atoms with E-state index in [1.165, 1.54) is 0 Å². The van der Waals surface area contributed by atoms with Crippen LogP contribution in [0.3, 0.4) is 0 Å². The molecule has 8 aromatic carbocycles. The number of fused-ring (bicyclic) bond motifs is 1. The Morgan fingerprint density at radius 3 is 1.05 bits per heavy atom. The van der Waals surface area contributed by atoms with Gasteiger partial charge in [0.2, 0.25) is 0 Å². The van der Waals surface area contributed by atoms with Crippen molar-refractivity contribution in [2.24, 2.45) is 0 Å². The van der Waals surface area contributed by atoms with Gasteiger partial charge in [0, 0.05) is 38.9 Å². The van der Waals surface area contributed by atoms with Gasteiger partial charge in [-0.25, -0.2) is 19.9 Å². The van der Waals surface area contributed by atoms with Crippen LogP contribution in [0.1, 0.15) is 5.56 Å². The monoisotopic (exact) mass is 765 g/mol. The third-order valence-corrected chi connectivity index (χ3v) is 10.8. The van der Waals surface area contributed by atoms with E-state index in [1.807, 2.05) is 97.1 Å². The number of nitriles is 1. The molecule has 0 N–H and O–H groups in total. The highest BCUT2D eigenvalue weighted by atomic mass is 14.9. The molecule has 0 amide bonds. The molecule has 0 unspecified atom stereocenters. The molecule has 2 heterocycles. The van der Waals surface area contributed by atoms with Crippen LogP contribution in [-0.4, -0.2) is 19.9 Å². The predicted molar refractivity (Wildman–Crippen MR) is 243 cm³/mol. The van der Waals surface area contributed by atoms with Gasteiger partial charge in [-0.3, -0.25) is 0 Å². The van der Waals surface area contributed by atoms with E-state index in [0.29, 0.717) is 17.2 Å². The van der Waals surface area contributed by atoms with Crippen molar-refractivity contribution in [2.75, 3.05) is 0 Å². The van der Waals surface area contributed by atoms with Crippen molar-refractivity contribution in [2.45, 2.75) is 0 Å². The molecule has 0 bridgehead atoms. The third-order valence-electron chi connectivity index (χ3n) is 10.8. The SMILES string of the molecule is N#Cc1cc2ccc(-c3ccc(-c4nc(-c5ccccc5)cc(-c5ccccc5)n4)cc3)cc2cc1-c1ccc(-c2nc(-c3ccccc3)cc(-c3ccccc3)n2)cc1. The molecule has 0 fully saturated rings. The lowest BCUT2D eigenvalue weighted by Gasteiger charge is -2.12. The van der Waals surface area contributed by atoms with Crippen LogP contribution in [0, 0.1) is 11.3 Å². The molecule has 0 spiro atoms. The molecule has 5 nitrogen and oxygen atoms in total. The molecule has 0 atom stereocenters. The van der Waals surface area contributed by atoms with E-state index in [9.17, 15) is 5.26 Å². The summed E-state index contributed by atoms with van der Waals surface area (Å²) in [6.07, 6.45) is 0. The Balaban J connectivity index is 0.970. The molecule has 2 aromatic heterocycles. The van der Waals surface area contributed by atoms with E-state index in [2.05, 4.69) is 121 Å². The molecule has 0 saturated heterocycles. The number of aromatic nitrogens is 4. The molecule has 0 saturated carbocycles. The van der Waals surface area contributed by atoms with Gasteiger partial charge in [0.1, 0.15) is 0 Å². The van der Waals surface area contributed by atoms with E-state index in [0.717, 1.165) is 89.2 Å². The van der Waals surface area contributed by atoms with Gasteiger partial charge < -0.3 is 0 Å². The maximum Gasteiger partial charge on any atom is 0.160 e. The summed E-state index contributed by atoms with van der Waals surface area (Å²) in [4.78, 5) is 20.0. The molecular weight excluding hydrogens is 731 g/mol. The highest BCUT2D eigenvalue weighted by Gasteiger charge is 2.14. The van der Waals surface area contributed by atoms with Crippen LogP contribution in [0.5, 0.6) is 0 Å². The number of hydrogen-bond acceptors (Lipinski definition) is 5. The predicted octanol–water partition coefficient (Wildman–Crippen LogP) is 13.6. The first kappa shape index (κ1) is 36.0. The molecular formula is C55H35N5. The largest absolute Gasteiger partial charge is 0.228 e. The minimum Gasteiger partial charge on any atom is -0.228 e. The zero-order valence-corrected chi connectivity index (χ0v) is 32.4. The van der Waals surface area contributed by atoms with Gasteiger partial charge >= 0.3 is 0 Å². The molecule has 10 rings (SSSR count). The summed E-state index contributed by atoms with van der Waals surface area (Å²) in [7, 11) is 0. The number of benzene rings is 8. The lowest BCUT2D eigenvalue weighted by Crippen LogP contribution is -1.96. The zero-order valence-electron chi connectivity index (χ0n) is 32.4. The lowest BCUT2D eigenvalue weighted by molar-refractivity contribution is 1.18. The molecule has 280 valence electrons. The quantitative estimate of drug-likeness (QED) is 0.154. The number of rotatable bonds is 8. The van der Waals surface area contributed by atoms with Gasteiger partial charge in [0.15, 0.2) is 11.6 Å². The van der Waals surface area contributed by atoms with Gasteiger partial charge in [0.05, 0.1) is 34.4 Å². The first-order valence-electron chi connectivity index (χ1n) is 19.8. The average molecular weight is 766 g/mol. The van der Waals surface area contributed by atoms with Crippen molar-refractivity contribution >= 4 is 10.8 Å². The van der Waals surface area contributed by atoms with E-state index < -0.39 is 0 Å². The molecule has 0 aliphatic rings. The molecule has 0 aliphatic heterocycles. The number of nitrogens with zero attached hydrogens (tertiary/aromatic N) is 5. The van der Waals surface area contributed by atoms with Crippen molar-refractivity contribution in [3.63, 3.8) is 0 Å². The molecule has 0 radical (unpaired) electrons. The topological polar surface area (TPSA) is 75.3 Å². The molecule has 60 heavy (non-hydrogen) atoms. The van der Waals surface area contributed by atoms with Crippen molar-refractivity contribution in [1.82, 2.24) is 19.9 Å². The van der Waals surface area contributed by atoms with E-state index in [4.69, 9.17) is 19.9 Å². The Hall–Kier alpha value is -8.33. The fraction of sp³-hybridized carbons (Fsp3) is 0. The summed E-state index contributed by atoms with van der Waals surface area (Å²) in [5, 5.41) is 12.3. The summed E-state index contributed by atoms with van der Waals surface area (Å²) >= 11 is 0. The Kier molecular flexibility index (Phi) is 9.55. The van der Waals surface area contributed by atoms with E-state index >= 15 is 0 Å². The lowest BCUT2D eigenvalue weighted by atomic mass is 9.93. The fourth-order valence-electron chi connectivity index (χ4n) is 7.60. The van der Waals surface area contributed by atoms with Gasteiger partial charge in [-0.2, -0.15) is 5.26 Å². The second-order valence-corrected chi connectivity index (χ2v) is 14.6. The first-order chi connectivity index (χ1) is 29.6. The van der Waals surface area contributed by atoms with Gasteiger partial charge in [0.25, 0.3) is 0 Å². The van der Waals surface area contributed by atoms with Crippen LogP contribution in [0.4, 0.5) is 0 Å². The summed E-state index contributed by atoms with van der Waals surface area (Å²) in [6.45, 7) is 0. The maximum atomic E-state index is 10.3. The Morgan fingerprint density at radius 2 is 0.650 bits per heavy atom. The smallest absolute Gasteiger partial charge is 0.160 e. The Labute approximate surface area is 348 Å². The normalized spacial score (nSPS) is 11.0. The summed E-state index contributed by atoms with van der Waals surface area (Å²) < 4.78 is 0. The van der Waals surface area contributed by atoms with Crippen molar-refractivity contribution in [3.05, 3.63) is 218 Å². The van der Waals surface area contributed by atoms with E-state index in [-0.39, 0.29) is 0 Å². The Morgan fingerprint density at radius 1 is 0.283 bits per heavy atom. The van der Waals surface area contributed by atoms with Crippen molar-refractivity contribution in [3.8, 4) is 96.1 Å². The molecule has 5 heteroatoms. The van der Waals surface area contributed by atoms with Crippen LogP contribution >= 0.6 is 0 Å². The van der Waals surface area contributed by atoms with Gasteiger partial charge in [-0.1, -0.05) is 182 Å². The van der Waals surface area contributed by atoms with Gasteiger partial charge in [-0.15, -0.1) is 0 Å². The molecule has 10 aromatic rings. The fourth-order valence-corrected chi connectivity index (χ4v) is 7.60. The summed E-state index contributed by atoms with van der Waals surface area (Å²) in [6, 6.07) is 74.5. The molecule has 0 aliphatic carbocycles. The van der Waals surface area contributed by atoms with E-state index in [1.54, 1.807) is 0 Å². The van der Waals surface area contributed by atoms with Crippen LogP contribution in [0.25, 0.3) is 101 Å². The second kappa shape index (κ2) is 15.9.